The Labute approximate surface area is 158 Å². The van der Waals surface area contributed by atoms with Crippen LogP contribution in [0.25, 0.3) is 37.4 Å². The van der Waals surface area contributed by atoms with E-state index in [1.165, 1.54) is 11.3 Å². The summed E-state index contributed by atoms with van der Waals surface area (Å²) >= 11 is 1.38. The van der Waals surface area contributed by atoms with Crippen LogP contribution >= 0.6 is 11.3 Å². The molecule has 2 aromatic heterocycles. The molecule has 5 nitrogen and oxygen atoms in total. The number of hydrogen-bond donors (Lipinski definition) is 0. The number of fused-ring (bicyclic) bond motifs is 2. The van der Waals surface area contributed by atoms with E-state index < -0.39 is 0 Å². The number of nitrogens with zero attached hydrogens (tertiary/aromatic N) is 4. The van der Waals surface area contributed by atoms with Gasteiger partial charge in [0.05, 0.1) is 10.9 Å². The lowest BCUT2D eigenvalue weighted by molar-refractivity contribution is 0.863. The Hall–Kier alpha value is -3.38. The molecule has 0 unspecified atom stereocenters. The van der Waals surface area contributed by atoms with Gasteiger partial charge < -0.3 is 0 Å². The lowest BCUT2D eigenvalue weighted by atomic mass is 10.1. The number of aryl methyl sites for hydroxylation is 1. The molecule has 5 aromatic rings. The number of aromatic nitrogens is 4. The van der Waals surface area contributed by atoms with Crippen molar-refractivity contribution in [2.75, 3.05) is 0 Å². The van der Waals surface area contributed by atoms with Crippen LogP contribution in [0.5, 0.6) is 0 Å². The van der Waals surface area contributed by atoms with Crippen LogP contribution in [-0.4, -0.2) is 19.7 Å². The van der Waals surface area contributed by atoms with Crippen LogP contribution in [0.4, 0.5) is 0 Å². The van der Waals surface area contributed by atoms with Gasteiger partial charge in [-0.3, -0.25) is 4.79 Å². The molecule has 0 saturated heterocycles. The third-order valence-corrected chi connectivity index (χ3v) is 5.49. The molecule has 0 spiro atoms. The molecule has 0 aliphatic rings. The molecule has 0 saturated carbocycles. The largest absolute Gasteiger partial charge is 0.268 e. The van der Waals surface area contributed by atoms with Gasteiger partial charge in [0.25, 0.3) is 5.56 Å². The van der Waals surface area contributed by atoms with Crippen LogP contribution in [0.3, 0.4) is 0 Å². The quantitative estimate of drug-likeness (QED) is 0.433. The molecule has 0 aliphatic carbocycles. The molecule has 5 rings (SSSR count). The summed E-state index contributed by atoms with van der Waals surface area (Å²) in [5.41, 5.74) is 1.55. The molecule has 6 heteroatoms. The monoisotopic (exact) mass is 370 g/mol. The summed E-state index contributed by atoms with van der Waals surface area (Å²) in [4.78, 5) is 17.8. The lowest BCUT2D eigenvalue weighted by Crippen LogP contribution is -2.22. The Bertz CT molecular complexity index is 1360. The molecule has 27 heavy (non-hydrogen) atoms. The first kappa shape index (κ1) is 15.8. The van der Waals surface area contributed by atoms with E-state index in [2.05, 4.69) is 15.2 Å². The van der Waals surface area contributed by atoms with E-state index in [0.29, 0.717) is 21.9 Å². The number of rotatable bonds is 2. The predicted octanol–water partition coefficient (Wildman–Crippen LogP) is 4.37. The van der Waals surface area contributed by atoms with Crippen LogP contribution in [0.2, 0.25) is 0 Å². The second kappa shape index (κ2) is 6.10. The van der Waals surface area contributed by atoms with E-state index in [4.69, 9.17) is 0 Å². The summed E-state index contributed by atoms with van der Waals surface area (Å²) in [5.74, 6) is 0.596. The first-order valence-electron chi connectivity index (χ1n) is 8.52. The average Bonchev–Trinajstić information content (AvgIpc) is 3.17. The molecule has 0 atom stereocenters. The Morgan fingerprint density at radius 1 is 0.889 bits per heavy atom. The van der Waals surface area contributed by atoms with Crippen LogP contribution in [0, 0.1) is 6.92 Å². The number of benzene rings is 3. The van der Waals surface area contributed by atoms with Crippen LogP contribution < -0.4 is 5.56 Å². The van der Waals surface area contributed by atoms with E-state index >= 15 is 0 Å². The van der Waals surface area contributed by atoms with E-state index in [9.17, 15) is 4.79 Å². The topological polar surface area (TPSA) is 60.7 Å². The van der Waals surface area contributed by atoms with Crippen molar-refractivity contribution in [1.82, 2.24) is 19.7 Å². The minimum Gasteiger partial charge on any atom is -0.268 e. The maximum atomic E-state index is 13.2. The molecule has 130 valence electrons. The Balaban J connectivity index is 1.73. The van der Waals surface area contributed by atoms with E-state index in [1.807, 2.05) is 73.7 Å². The summed E-state index contributed by atoms with van der Waals surface area (Å²) in [7, 11) is 0. The second-order valence-corrected chi connectivity index (χ2v) is 7.23. The third kappa shape index (κ3) is 2.62. The highest BCUT2D eigenvalue weighted by molar-refractivity contribution is 7.17. The van der Waals surface area contributed by atoms with Gasteiger partial charge in [0.1, 0.15) is 10.8 Å². The average molecular weight is 370 g/mol. The van der Waals surface area contributed by atoms with E-state index in [0.717, 1.165) is 21.3 Å². The molecule has 0 N–H and O–H groups in total. The molecule has 2 heterocycles. The van der Waals surface area contributed by atoms with Crippen molar-refractivity contribution < 1.29 is 0 Å². The molecule has 0 radical (unpaired) electrons. The maximum absolute atomic E-state index is 13.2. The van der Waals surface area contributed by atoms with Gasteiger partial charge in [0.15, 0.2) is 0 Å². The normalized spacial score (nSPS) is 11.3. The van der Waals surface area contributed by atoms with Gasteiger partial charge in [0.2, 0.25) is 5.13 Å². The van der Waals surface area contributed by atoms with Gasteiger partial charge in [-0.25, -0.2) is 9.55 Å². The molecule has 0 aliphatic heterocycles. The van der Waals surface area contributed by atoms with Crippen LogP contribution in [0.15, 0.2) is 71.5 Å². The zero-order chi connectivity index (χ0) is 18.4. The van der Waals surface area contributed by atoms with Crippen molar-refractivity contribution in [2.45, 2.75) is 6.92 Å². The highest BCUT2D eigenvalue weighted by atomic mass is 32.1. The van der Waals surface area contributed by atoms with Crippen molar-refractivity contribution in [3.63, 3.8) is 0 Å². The van der Waals surface area contributed by atoms with Gasteiger partial charge in [-0.2, -0.15) is 0 Å². The molecule has 0 amide bonds. The summed E-state index contributed by atoms with van der Waals surface area (Å²) in [6.45, 7) is 1.82. The zero-order valence-corrected chi connectivity index (χ0v) is 15.3. The second-order valence-electron chi connectivity index (χ2n) is 6.27. The molecular formula is C21H14N4OS. The van der Waals surface area contributed by atoms with Gasteiger partial charge in [0, 0.05) is 5.56 Å². The Kier molecular flexibility index (Phi) is 3.58. The molecule has 3 aromatic carbocycles. The summed E-state index contributed by atoms with van der Waals surface area (Å²) < 4.78 is 1.54. The van der Waals surface area contributed by atoms with Crippen molar-refractivity contribution in [3.8, 4) is 15.7 Å². The van der Waals surface area contributed by atoms with Crippen molar-refractivity contribution in [2.24, 2.45) is 0 Å². The predicted molar refractivity (Wildman–Crippen MR) is 108 cm³/mol. The number of hydrogen-bond acceptors (Lipinski definition) is 5. The minimum absolute atomic E-state index is 0.126. The first-order chi connectivity index (χ1) is 13.2. The van der Waals surface area contributed by atoms with Gasteiger partial charge >= 0.3 is 0 Å². The summed E-state index contributed by atoms with van der Waals surface area (Å²) in [6.07, 6.45) is 0. The van der Waals surface area contributed by atoms with Crippen molar-refractivity contribution in [3.05, 3.63) is 82.9 Å². The summed E-state index contributed by atoms with van der Waals surface area (Å²) in [6, 6.07) is 21.6. The van der Waals surface area contributed by atoms with E-state index in [1.54, 1.807) is 4.57 Å². The van der Waals surface area contributed by atoms with Gasteiger partial charge in [-0.05, 0) is 29.8 Å². The molecule has 0 fully saturated rings. The zero-order valence-electron chi connectivity index (χ0n) is 14.5. The lowest BCUT2D eigenvalue weighted by Gasteiger charge is -2.08. The minimum atomic E-state index is -0.126. The van der Waals surface area contributed by atoms with Gasteiger partial charge in [-0.1, -0.05) is 65.9 Å². The first-order valence-corrected chi connectivity index (χ1v) is 9.34. The summed E-state index contributed by atoms with van der Waals surface area (Å²) in [5, 5.41) is 12.5. The molecule has 0 bridgehead atoms. The highest BCUT2D eigenvalue weighted by Crippen LogP contribution is 2.26. The van der Waals surface area contributed by atoms with Crippen molar-refractivity contribution in [1.29, 1.82) is 0 Å². The van der Waals surface area contributed by atoms with Crippen LogP contribution in [-0.2, 0) is 0 Å². The fourth-order valence-electron chi connectivity index (χ4n) is 3.21. The standard InChI is InChI=1S/C21H14N4OS/c1-13-22-18-12-16-10-6-5-9-15(16)11-17(18)20(26)25(13)21-24-23-19(27-21)14-7-3-2-4-8-14/h2-12H,1H3. The Morgan fingerprint density at radius 3 is 2.37 bits per heavy atom. The fraction of sp³-hybridized carbons (Fsp3) is 0.0476. The van der Waals surface area contributed by atoms with Gasteiger partial charge in [-0.15, -0.1) is 10.2 Å². The van der Waals surface area contributed by atoms with Crippen molar-refractivity contribution >= 4 is 33.0 Å². The highest BCUT2D eigenvalue weighted by Gasteiger charge is 2.15. The SMILES string of the molecule is Cc1nc2cc3ccccc3cc2c(=O)n1-c1nnc(-c2ccccc2)s1. The smallest absolute Gasteiger partial charge is 0.267 e. The maximum Gasteiger partial charge on any atom is 0.267 e. The Morgan fingerprint density at radius 2 is 1.59 bits per heavy atom. The molecular weight excluding hydrogens is 356 g/mol. The third-order valence-electron chi connectivity index (χ3n) is 4.53. The van der Waals surface area contributed by atoms with E-state index in [-0.39, 0.29) is 5.56 Å². The fourth-order valence-corrected chi connectivity index (χ4v) is 4.11. The van der Waals surface area contributed by atoms with Crippen LogP contribution in [0.1, 0.15) is 5.82 Å².